The fourth-order valence-electron chi connectivity index (χ4n) is 4.65. The van der Waals surface area contributed by atoms with Crippen LogP contribution in [-0.2, 0) is 9.47 Å². The number of fused-ring (bicyclic) bond motifs is 1. The third-order valence-corrected chi connectivity index (χ3v) is 6.80. The van der Waals surface area contributed by atoms with Crippen molar-refractivity contribution in [2.24, 2.45) is 5.92 Å². The van der Waals surface area contributed by atoms with Crippen LogP contribution in [0.2, 0.25) is 0 Å². The maximum atomic E-state index is 15.4. The molecule has 1 saturated carbocycles. The molecule has 0 N–H and O–H groups in total. The lowest BCUT2D eigenvalue weighted by Gasteiger charge is -2.37. The number of ether oxygens (including phenoxy) is 2. The third-order valence-electron chi connectivity index (χ3n) is 6.80. The molecule has 0 unspecified atom stereocenters. The van der Waals surface area contributed by atoms with Gasteiger partial charge in [0.25, 0.3) is 0 Å². The molecule has 1 aromatic heterocycles. The monoisotopic (exact) mass is 535 g/mol. The van der Waals surface area contributed by atoms with Gasteiger partial charge in [-0.2, -0.15) is 0 Å². The molecular weight excluding hydrogens is 501 g/mol. The second-order valence-electron chi connectivity index (χ2n) is 11.1. The minimum Gasteiger partial charge on any atom is -0.462 e. The van der Waals surface area contributed by atoms with Crippen LogP contribution >= 0.6 is 0 Å². The van der Waals surface area contributed by atoms with E-state index in [9.17, 15) is 14.4 Å². The lowest BCUT2D eigenvalue weighted by Crippen LogP contribution is -2.50. The van der Waals surface area contributed by atoms with Gasteiger partial charge in [0, 0.05) is 62.6 Å². The highest BCUT2D eigenvalue weighted by Gasteiger charge is 2.30. The lowest BCUT2D eigenvalue weighted by atomic mass is 10.0. The first-order chi connectivity index (χ1) is 18.5. The highest BCUT2D eigenvalue weighted by atomic mass is 19.1. The largest absolute Gasteiger partial charge is 0.462 e. The van der Waals surface area contributed by atoms with Gasteiger partial charge >= 0.3 is 12.1 Å². The Balaban J connectivity index is 1.58. The Morgan fingerprint density at radius 3 is 2.31 bits per heavy atom. The van der Waals surface area contributed by atoms with Gasteiger partial charge in [-0.05, 0) is 45.7 Å². The van der Waals surface area contributed by atoms with Crippen molar-refractivity contribution in [3.8, 4) is 24.7 Å². The van der Waals surface area contributed by atoms with Crippen LogP contribution in [0.4, 0.5) is 14.9 Å². The fraction of sp³-hybridized carbons (Fsp3) is 0.500. The maximum Gasteiger partial charge on any atom is 0.410 e. The fourth-order valence-corrected chi connectivity index (χ4v) is 4.65. The van der Waals surface area contributed by atoms with E-state index >= 15 is 4.39 Å². The Morgan fingerprint density at radius 2 is 1.74 bits per heavy atom. The molecule has 2 aromatic rings. The normalized spacial score (nSPS) is 15.7. The van der Waals surface area contributed by atoms with Crippen molar-refractivity contribution < 1.29 is 23.5 Å². The van der Waals surface area contributed by atoms with E-state index in [0.29, 0.717) is 50.2 Å². The van der Waals surface area contributed by atoms with Gasteiger partial charge in [0.15, 0.2) is 0 Å². The number of benzene rings is 1. The van der Waals surface area contributed by atoms with Crippen LogP contribution < -0.4 is 10.3 Å². The second-order valence-corrected chi connectivity index (χ2v) is 11.1. The summed E-state index contributed by atoms with van der Waals surface area (Å²) in [6, 6.07) is 2.97. The Labute approximate surface area is 228 Å². The van der Waals surface area contributed by atoms with E-state index in [4.69, 9.17) is 22.3 Å². The van der Waals surface area contributed by atoms with E-state index in [-0.39, 0.29) is 29.5 Å². The van der Waals surface area contributed by atoms with Gasteiger partial charge in [0.2, 0.25) is 5.43 Å². The van der Waals surface area contributed by atoms with Gasteiger partial charge in [-0.15, -0.1) is 24.7 Å². The topological polar surface area (TPSA) is 81.1 Å². The van der Waals surface area contributed by atoms with Crippen molar-refractivity contribution in [1.29, 1.82) is 0 Å². The number of carbonyl (C=O) groups is 2. The number of hydrogen-bond donors (Lipinski definition) is 0. The summed E-state index contributed by atoms with van der Waals surface area (Å²) in [7, 11) is 0. The summed E-state index contributed by atoms with van der Waals surface area (Å²) in [5, 5.41) is 0.119. The summed E-state index contributed by atoms with van der Waals surface area (Å²) in [4.78, 5) is 42.1. The quantitative estimate of drug-likeness (QED) is 0.387. The van der Waals surface area contributed by atoms with Crippen molar-refractivity contribution in [2.75, 3.05) is 37.7 Å². The zero-order valence-electron chi connectivity index (χ0n) is 22.7. The van der Waals surface area contributed by atoms with E-state index in [1.807, 2.05) is 30.2 Å². The first kappa shape index (κ1) is 28.0. The number of anilines is 1. The molecule has 2 fully saturated rings. The molecule has 8 nitrogen and oxygen atoms in total. The molecule has 1 saturated heterocycles. The Bertz CT molecular complexity index is 1380. The van der Waals surface area contributed by atoms with Crippen LogP contribution in [-0.4, -0.2) is 59.9 Å². The summed E-state index contributed by atoms with van der Waals surface area (Å²) in [5.74, 6) is 3.48. The number of rotatable bonds is 7. The van der Waals surface area contributed by atoms with Crippen LogP contribution in [0.3, 0.4) is 0 Å². The smallest absolute Gasteiger partial charge is 0.410 e. The number of hydrogen-bond acceptors (Lipinski definition) is 6. The van der Waals surface area contributed by atoms with Crippen molar-refractivity contribution in [2.45, 2.75) is 58.1 Å². The molecule has 1 aliphatic heterocycles. The first-order valence-corrected chi connectivity index (χ1v) is 13.2. The molecule has 2 aliphatic rings. The van der Waals surface area contributed by atoms with Gasteiger partial charge in [0.05, 0.1) is 17.8 Å². The zero-order valence-corrected chi connectivity index (χ0v) is 22.7. The van der Waals surface area contributed by atoms with Crippen LogP contribution in [0.15, 0.2) is 23.1 Å². The summed E-state index contributed by atoms with van der Waals surface area (Å²) >= 11 is 0. The predicted octanol–water partition coefficient (Wildman–Crippen LogP) is 4.35. The predicted molar refractivity (Wildman–Crippen MR) is 147 cm³/mol. The van der Waals surface area contributed by atoms with Crippen molar-refractivity contribution in [1.82, 2.24) is 9.47 Å². The number of pyridine rings is 1. The van der Waals surface area contributed by atoms with Crippen LogP contribution in [0.5, 0.6) is 0 Å². The number of carbonyl (C=O) groups excluding carboxylic acids is 2. The number of nitrogens with zero attached hydrogens (tertiary/aromatic N) is 3. The van der Waals surface area contributed by atoms with Crippen LogP contribution in [0.25, 0.3) is 10.9 Å². The molecule has 0 atom stereocenters. The standard InChI is InChI=1S/C30H34FN3O5/c1-6-8-20(9-7-2)19-38-28(36)23-18-34(21-10-11-21)25-17-26(24(31)16-22(25)27(23)35)32-12-14-33(15-13-32)29(37)39-30(3,4)5/h1-2,16-18,20-21H,8-15,19H2,3-5H3. The van der Waals surface area contributed by atoms with Gasteiger partial charge < -0.3 is 23.8 Å². The van der Waals surface area contributed by atoms with Crippen LogP contribution in [0, 0.1) is 36.4 Å². The molecule has 9 heteroatoms. The highest BCUT2D eigenvalue weighted by molar-refractivity contribution is 5.94. The van der Waals surface area contributed by atoms with Gasteiger partial charge in [-0.25, -0.2) is 14.0 Å². The average molecular weight is 536 g/mol. The summed E-state index contributed by atoms with van der Waals surface area (Å²) in [5.41, 5.74) is -0.420. The van der Waals surface area contributed by atoms with E-state index < -0.39 is 28.9 Å². The number of halogens is 1. The average Bonchev–Trinajstić information content (AvgIpc) is 3.72. The molecule has 206 valence electrons. The summed E-state index contributed by atoms with van der Waals surface area (Å²) < 4.78 is 28.1. The summed E-state index contributed by atoms with van der Waals surface area (Å²) in [6.45, 7) is 7.02. The van der Waals surface area contributed by atoms with Gasteiger partial charge in [-0.1, -0.05) is 0 Å². The molecule has 39 heavy (non-hydrogen) atoms. The molecule has 0 spiro atoms. The van der Waals surface area contributed by atoms with Crippen LogP contribution in [0.1, 0.15) is 62.9 Å². The maximum absolute atomic E-state index is 15.4. The van der Waals surface area contributed by atoms with Gasteiger partial charge in [-0.3, -0.25) is 4.79 Å². The van der Waals surface area contributed by atoms with E-state index in [0.717, 1.165) is 12.8 Å². The Morgan fingerprint density at radius 1 is 1.10 bits per heavy atom. The third kappa shape index (κ3) is 6.54. The Hall–Kier alpha value is -3.98. The zero-order chi connectivity index (χ0) is 28.3. The molecular formula is C30H34FN3O5. The number of esters is 1. The number of piperazine rings is 1. The molecule has 0 radical (unpaired) electrons. The molecule has 1 amide bonds. The molecule has 2 heterocycles. The van der Waals surface area contributed by atoms with E-state index in [2.05, 4.69) is 11.8 Å². The van der Waals surface area contributed by atoms with E-state index in [1.165, 1.54) is 12.3 Å². The lowest BCUT2D eigenvalue weighted by molar-refractivity contribution is 0.0240. The minimum atomic E-state index is -0.780. The number of terminal acetylenes is 2. The summed E-state index contributed by atoms with van der Waals surface area (Å²) in [6.07, 6.45) is 14.3. The minimum absolute atomic E-state index is 0.00326. The van der Waals surface area contributed by atoms with Crippen molar-refractivity contribution in [3.63, 3.8) is 0 Å². The van der Waals surface area contributed by atoms with Crippen molar-refractivity contribution in [3.05, 3.63) is 39.9 Å². The van der Waals surface area contributed by atoms with Gasteiger partial charge in [0.1, 0.15) is 17.0 Å². The molecule has 0 bridgehead atoms. The van der Waals surface area contributed by atoms with Crippen molar-refractivity contribution >= 4 is 28.7 Å². The molecule has 1 aliphatic carbocycles. The molecule has 4 rings (SSSR count). The Kier molecular flexibility index (Phi) is 8.20. The SMILES string of the molecule is C#CCC(CC#C)COC(=O)c1cn(C2CC2)c2cc(N3CCN(C(=O)OC(C)(C)C)CC3)c(F)cc2c1=O. The van der Waals surface area contributed by atoms with E-state index in [1.54, 1.807) is 11.0 Å². The first-order valence-electron chi connectivity index (χ1n) is 13.2. The molecule has 1 aromatic carbocycles. The number of aromatic nitrogens is 1. The second kappa shape index (κ2) is 11.4. The highest BCUT2D eigenvalue weighted by Crippen LogP contribution is 2.38. The number of amides is 1.